The van der Waals surface area contributed by atoms with Gasteiger partial charge in [0.2, 0.25) is 0 Å². The van der Waals surface area contributed by atoms with Crippen molar-refractivity contribution in [3.63, 3.8) is 0 Å². The molecular formula is C25H25N3O. The fourth-order valence-corrected chi connectivity index (χ4v) is 3.75. The third kappa shape index (κ3) is 4.06. The van der Waals surface area contributed by atoms with E-state index in [1.807, 2.05) is 50.2 Å². The zero-order valence-electron chi connectivity index (χ0n) is 17.1. The van der Waals surface area contributed by atoms with Gasteiger partial charge in [-0.2, -0.15) is 0 Å². The first kappa shape index (κ1) is 18.9. The lowest BCUT2D eigenvalue weighted by Crippen LogP contribution is -2.25. The van der Waals surface area contributed by atoms with Crippen molar-refractivity contribution in [2.24, 2.45) is 0 Å². The smallest absolute Gasteiger partial charge is 0.251 e. The second kappa shape index (κ2) is 7.92. The molecule has 0 aliphatic heterocycles. The largest absolute Gasteiger partial charge is 0.345 e. The molecule has 1 amide bonds. The van der Waals surface area contributed by atoms with E-state index in [1.54, 1.807) is 0 Å². The second-order valence-electron chi connectivity index (χ2n) is 7.59. The molecule has 0 saturated heterocycles. The molecule has 4 heteroatoms. The Kier molecular flexibility index (Phi) is 5.17. The van der Waals surface area contributed by atoms with Gasteiger partial charge >= 0.3 is 0 Å². The van der Waals surface area contributed by atoms with E-state index >= 15 is 0 Å². The number of nitrogens with one attached hydrogen (secondary N) is 1. The SMILES string of the molecule is Cc1cccc(Cn2c(CNC(=O)c3ccc(C)cc3C)nc3ccccc32)c1. The van der Waals surface area contributed by atoms with Crippen molar-refractivity contribution in [1.82, 2.24) is 14.9 Å². The van der Waals surface area contributed by atoms with Crippen LogP contribution in [0.15, 0.2) is 66.7 Å². The minimum Gasteiger partial charge on any atom is -0.345 e. The van der Waals surface area contributed by atoms with Gasteiger partial charge in [-0.15, -0.1) is 0 Å². The zero-order valence-corrected chi connectivity index (χ0v) is 17.1. The molecule has 1 aromatic heterocycles. The van der Waals surface area contributed by atoms with E-state index in [-0.39, 0.29) is 5.91 Å². The van der Waals surface area contributed by atoms with Crippen molar-refractivity contribution in [3.8, 4) is 0 Å². The van der Waals surface area contributed by atoms with E-state index in [0.29, 0.717) is 12.1 Å². The minimum atomic E-state index is -0.0725. The van der Waals surface area contributed by atoms with Crippen molar-refractivity contribution in [3.05, 3.63) is 100 Å². The molecule has 0 saturated carbocycles. The van der Waals surface area contributed by atoms with E-state index in [2.05, 4.69) is 47.1 Å². The van der Waals surface area contributed by atoms with Crippen molar-refractivity contribution in [2.45, 2.75) is 33.9 Å². The van der Waals surface area contributed by atoms with Gasteiger partial charge in [0.1, 0.15) is 5.82 Å². The molecule has 0 bridgehead atoms. The molecule has 29 heavy (non-hydrogen) atoms. The van der Waals surface area contributed by atoms with Crippen LogP contribution in [0.3, 0.4) is 0 Å². The van der Waals surface area contributed by atoms with Gasteiger partial charge in [-0.3, -0.25) is 4.79 Å². The Hall–Kier alpha value is -3.40. The van der Waals surface area contributed by atoms with Gasteiger partial charge in [-0.05, 0) is 50.1 Å². The average molecular weight is 383 g/mol. The Balaban J connectivity index is 1.62. The minimum absolute atomic E-state index is 0.0725. The van der Waals surface area contributed by atoms with E-state index in [1.165, 1.54) is 11.1 Å². The summed E-state index contributed by atoms with van der Waals surface area (Å²) in [4.78, 5) is 17.5. The first-order valence-electron chi connectivity index (χ1n) is 9.86. The molecule has 0 unspecified atom stereocenters. The molecule has 4 nitrogen and oxygen atoms in total. The van der Waals surface area contributed by atoms with Gasteiger partial charge in [0.15, 0.2) is 0 Å². The van der Waals surface area contributed by atoms with Crippen molar-refractivity contribution < 1.29 is 4.79 Å². The van der Waals surface area contributed by atoms with Gasteiger partial charge < -0.3 is 9.88 Å². The van der Waals surface area contributed by atoms with Crippen molar-refractivity contribution >= 4 is 16.9 Å². The molecule has 0 spiro atoms. The Morgan fingerprint density at radius 2 is 1.72 bits per heavy atom. The lowest BCUT2D eigenvalue weighted by atomic mass is 10.1. The monoisotopic (exact) mass is 383 g/mol. The van der Waals surface area contributed by atoms with Crippen LogP contribution in [0.5, 0.6) is 0 Å². The number of hydrogen-bond acceptors (Lipinski definition) is 2. The summed E-state index contributed by atoms with van der Waals surface area (Å²) in [5.74, 6) is 0.780. The van der Waals surface area contributed by atoms with E-state index < -0.39 is 0 Å². The normalized spacial score (nSPS) is 11.0. The van der Waals surface area contributed by atoms with Gasteiger partial charge in [0, 0.05) is 12.1 Å². The Morgan fingerprint density at radius 1 is 0.931 bits per heavy atom. The van der Waals surface area contributed by atoms with Crippen molar-refractivity contribution in [2.75, 3.05) is 0 Å². The predicted molar refractivity (Wildman–Crippen MR) is 117 cm³/mol. The summed E-state index contributed by atoms with van der Waals surface area (Å²) in [6.07, 6.45) is 0. The Labute approximate surface area is 171 Å². The Morgan fingerprint density at radius 3 is 2.52 bits per heavy atom. The number of carbonyl (C=O) groups is 1. The number of hydrogen-bond donors (Lipinski definition) is 1. The fraction of sp³-hybridized carbons (Fsp3) is 0.200. The highest BCUT2D eigenvalue weighted by Gasteiger charge is 2.14. The predicted octanol–water partition coefficient (Wildman–Crippen LogP) is 4.94. The van der Waals surface area contributed by atoms with Crippen LogP contribution in [0.4, 0.5) is 0 Å². The summed E-state index contributed by atoms with van der Waals surface area (Å²) >= 11 is 0. The van der Waals surface area contributed by atoms with Gasteiger partial charge in [-0.1, -0.05) is 59.7 Å². The van der Waals surface area contributed by atoms with Gasteiger partial charge in [0.05, 0.1) is 17.6 Å². The van der Waals surface area contributed by atoms with Crippen LogP contribution in [-0.2, 0) is 13.1 Å². The number of imidazole rings is 1. The highest BCUT2D eigenvalue weighted by atomic mass is 16.1. The summed E-state index contributed by atoms with van der Waals surface area (Å²) in [5.41, 5.74) is 7.30. The molecule has 0 aliphatic carbocycles. The number of nitrogens with zero attached hydrogens (tertiary/aromatic N) is 2. The summed E-state index contributed by atoms with van der Waals surface area (Å²) < 4.78 is 2.19. The van der Waals surface area contributed by atoms with Gasteiger partial charge in [-0.25, -0.2) is 4.98 Å². The van der Waals surface area contributed by atoms with Crippen LogP contribution in [0.2, 0.25) is 0 Å². The topological polar surface area (TPSA) is 46.9 Å². The molecule has 4 aromatic rings. The van der Waals surface area contributed by atoms with Crippen LogP contribution < -0.4 is 5.32 Å². The molecular weight excluding hydrogens is 358 g/mol. The number of rotatable bonds is 5. The van der Waals surface area contributed by atoms with Crippen LogP contribution >= 0.6 is 0 Å². The molecule has 1 heterocycles. The fourth-order valence-electron chi connectivity index (χ4n) is 3.75. The van der Waals surface area contributed by atoms with E-state index in [0.717, 1.165) is 34.5 Å². The van der Waals surface area contributed by atoms with E-state index in [9.17, 15) is 4.79 Å². The zero-order chi connectivity index (χ0) is 20.4. The maximum absolute atomic E-state index is 12.7. The molecule has 0 atom stereocenters. The lowest BCUT2D eigenvalue weighted by molar-refractivity contribution is 0.0949. The van der Waals surface area contributed by atoms with Crippen LogP contribution in [-0.4, -0.2) is 15.5 Å². The highest BCUT2D eigenvalue weighted by molar-refractivity contribution is 5.95. The first-order chi connectivity index (χ1) is 14.0. The maximum Gasteiger partial charge on any atom is 0.251 e. The number of para-hydroxylation sites is 2. The molecule has 3 aromatic carbocycles. The number of aromatic nitrogens is 2. The molecule has 0 fully saturated rings. The van der Waals surface area contributed by atoms with Crippen molar-refractivity contribution in [1.29, 1.82) is 0 Å². The van der Waals surface area contributed by atoms with Crippen LogP contribution in [0, 0.1) is 20.8 Å². The molecule has 0 radical (unpaired) electrons. The third-order valence-electron chi connectivity index (χ3n) is 5.19. The molecule has 4 rings (SSSR count). The number of aryl methyl sites for hydroxylation is 3. The van der Waals surface area contributed by atoms with Crippen LogP contribution in [0.1, 0.15) is 38.4 Å². The summed E-state index contributed by atoms with van der Waals surface area (Å²) in [7, 11) is 0. The maximum atomic E-state index is 12.7. The average Bonchev–Trinajstić information content (AvgIpc) is 3.04. The summed E-state index contributed by atoms with van der Waals surface area (Å²) in [6.45, 7) is 7.20. The quantitative estimate of drug-likeness (QED) is 0.531. The number of fused-ring (bicyclic) bond motifs is 1. The highest BCUT2D eigenvalue weighted by Crippen LogP contribution is 2.19. The summed E-state index contributed by atoms with van der Waals surface area (Å²) in [5, 5.41) is 3.05. The van der Waals surface area contributed by atoms with Gasteiger partial charge in [0.25, 0.3) is 5.91 Å². The number of carbonyl (C=O) groups excluding carboxylic acids is 1. The van der Waals surface area contributed by atoms with E-state index in [4.69, 9.17) is 4.98 Å². The lowest BCUT2D eigenvalue weighted by Gasteiger charge is -2.12. The second-order valence-corrected chi connectivity index (χ2v) is 7.59. The summed E-state index contributed by atoms with van der Waals surface area (Å²) in [6, 6.07) is 22.5. The molecule has 1 N–H and O–H groups in total. The standard InChI is InChI=1S/C25H25N3O/c1-17-7-6-8-20(14-17)16-28-23-10-5-4-9-22(23)27-24(28)15-26-25(29)21-12-11-18(2)13-19(21)3/h4-14H,15-16H2,1-3H3,(H,26,29). The number of benzene rings is 3. The van der Waals surface area contributed by atoms with Crippen LogP contribution in [0.25, 0.3) is 11.0 Å². The molecule has 146 valence electrons. The Bertz CT molecular complexity index is 1190. The third-order valence-corrected chi connectivity index (χ3v) is 5.19. The first-order valence-corrected chi connectivity index (χ1v) is 9.86. The number of amides is 1. The molecule has 0 aliphatic rings.